The minimum Gasteiger partial charge on any atom is -0.353 e. The van der Waals surface area contributed by atoms with Crippen molar-refractivity contribution in [2.45, 2.75) is 31.7 Å². The highest BCUT2D eigenvalue weighted by Crippen LogP contribution is 2.21. The van der Waals surface area contributed by atoms with Gasteiger partial charge in [0.25, 0.3) is 6.43 Å². The average molecular weight is 268 g/mol. The van der Waals surface area contributed by atoms with Gasteiger partial charge in [0.05, 0.1) is 5.92 Å². The van der Waals surface area contributed by atoms with E-state index < -0.39 is 6.43 Å². The summed E-state index contributed by atoms with van der Waals surface area (Å²) in [6.45, 7) is 0.259. The Hall–Kier alpha value is -1.49. The van der Waals surface area contributed by atoms with Crippen LogP contribution in [0.4, 0.5) is 8.78 Å². The second kappa shape index (κ2) is 6.10. The van der Waals surface area contributed by atoms with Crippen LogP contribution in [0.3, 0.4) is 0 Å². The van der Waals surface area contributed by atoms with E-state index in [1.807, 2.05) is 0 Å². The number of alkyl halides is 2. The summed E-state index contributed by atoms with van der Waals surface area (Å²) < 4.78 is 24.8. The number of carbonyl (C=O) groups is 1. The van der Waals surface area contributed by atoms with Gasteiger partial charge in [0, 0.05) is 18.2 Å². The molecule has 1 fully saturated rings. The van der Waals surface area contributed by atoms with Crippen LogP contribution in [0.2, 0.25) is 0 Å². The Morgan fingerprint density at radius 2 is 1.95 bits per heavy atom. The van der Waals surface area contributed by atoms with Crippen LogP contribution in [0.5, 0.6) is 0 Å². The maximum Gasteiger partial charge on any atom is 0.263 e. The minimum atomic E-state index is -2.46. The van der Waals surface area contributed by atoms with Gasteiger partial charge in [0.2, 0.25) is 5.91 Å². The van der Waals surface area contributed by atoms with Crippen LogP contribution in [0.15, 0.2) is 24.3 Å². The summed E-state index contributed by atoms with van der Waals surface area (Å²) in [5.41, 5.74) is 6.46. The molecular formula is C14H18F2N2O. The zero-order chi connectivity index (χ0) is 13.8. The molecule has 0 heterocycles. The van der Waals surface area contributed by atoms with E-state index in [0.717, 1.165) is 18.4 Å². The Morgan fingerprint density at radius 3 is 2.42 bits per heavy atom. The molecule has 0 aromatic heterocycles. The molecule has 104 valence electrons. The number of carbonyl (C=O) groups excluding carboxylic acids is 1. The summed E-state index contributed by atoms with van der Waals surface area (Å²) in [5, 5.41) is 2.92. The lowest BCUT2D eigenvalue weighted by atomic mass is 9.97. The predicted octanol–water partition coefficient (Wildman–Crippen LogP) is 2.02. The van der Waals surface area contributed by atoms with Crippen molar-refractivity contribution in [2.75, 3.05) is 6.54 Å². The van der Waals surface area contributed by atoms with Gasteiger partial charge in [0.15, 0.2) is 0 Å². The second-order valence-electron chi connectivity index (χ2n) is 4.96. The molecule has 1 aliphatic carbocycles. The van der Waals surface area contributed by atoms with Crippen molar-refractivity contribution >= 4 is 5.91 Å². The first-order valence-corrected chi connectivity index (χ1v) is 6.47. The van der Waals surface area contributed by atoms with E-state index in [1.54, 1.807) is 12.1 Å². The molecule has 0 saturated heterocycles. The number of benzene rings is 1. The fourth-order valence-corrected chi connectivity index (χ4v) is 1.91. The molecule has 1 amide bonds. The molecule has 1 aromatic carbocycles. The molecule has 0 spiro atoms. The van der Waals surface area contributed by atoms with E-state index in [0.29, 0.717) is 12.5 Å². The van der Waals surface area contributed by atoms with Crippen molar-refractivity contribution in [3.63, 3.8) is 0 Å². The first-order chi connectivity index (χ1) is 9.10. The SMILES string of the molecule is NCC(Cc1ccc(C(F)F)cc1)C(=O)NC1CC1. The normalized spacial score (nSPS) is 16.4. The first kappa shape index (κ1) is 13.9. The Balaban J connectivity index is 1.94. The Morgan fingerprint density at radius 1 is 1.32 bits per heavy atom. The number of nitrogens with one attached hydrogen (secondary N) is 1. The number of nitrogens with two attached hydrogens (primary N) is 1. The lowest BCUT2D eigenvalue weighted by Crippen LogP contribution is -2.37. The molecule has 1 aliphatic rings. The van der Waals surface area contributed by atoms with Gasteiger partial charge in [-0.25, -0.2) is 8.78 Å². The molecule has 2 rings (SSSR count). The molecule has 0 bridgehead atoms. The standard InChI is InChI=1S/C14H18F2N2O/c15-13(16)10-3-1-9(2-4-10)7-11(8-17)14(19)18-12-5-6-12/h1-4,11-13H,5-8,17H2,(H,18,19). The van der Waals surface area contributed by atoms with Gasteiger partial charge < -0.3 is 11.1 Å². The van der Waals surface area contributed by atoms with Crippen molar-refractivity contribution in [3.8, 4) is 0 Å². The van der Waals surface area contributed by atoms with Gasteiger partial charge in [0.1, 0.15) is 0 Å². The van der Waals surface area contributed by atoms with Crippen LogP contribution < -0.4 is 11.1 Å². The van der Waals surface area contributed by atoms with E-state index in [-0.39, 0.29) is 23.9 Å². The van der Waals surface area contributed by atoms with Crippen molar-refractivity contribution in [1.82, 2.24) is 5.32 Å². The van der Waals surface area contributed by atoms with Crippen LogP contribution in [-0.2, 0) is 11.2 Å². The molecule has 3 N–H and O–H groups in total. The Labute approximate surface area is 111 Å². The number of hydrogen-bond acceptors (Lipinski definition) is 2. The summed E-state index contributed by atoms with van der Waals surface area (Å²) in [5.74, 6) is -0.332. The Bertz CT molecular complexity index is 430. The highest BCUT2D eigenvalue weighted by atomic mass is 19.3. The molecule has 1 atom stereocenters. The van der Waals surface area contributed by atoms with Crippen molar-refractivity contribution in [3.05, 3.63) is 35.4 Å². The third-order valence-electron chi connectivity index (χ3n) is 3.29. The van der Waals surface area contributed by atoms with Gasteiger partial charge in [-0.3, -0.25) is 4.79 Å². The maximum absolute atomic E-state index is 12.4. The van der Waals surface area contributed by atoms with E-state index >= 15 is 0 Å². The van der Waals surface area contributed by atoms with Crippen molar-refractivity contribution in [1.29, 1.82) is 0 Å². The van der Waals surface area contributed by atoms with Crippen LogP contribution >= 0.6 is 0 Å². The molecule has 3 nitrogen and oxygen atoms in total. The summed E-state index contributed by atoms with van der Waals surface area (Å²) in [6, 6.07) is 6.37. The number of rotatable bonds is 6. The van der Waals surface area contributed by atoms with Gasteiger partial charge in [-0.05, 0) is 24.8 Å². The second-order valence-corrected chi connectivity index (χ2v) is 4.96. The van der Waals surface area contributed by atoms with Gasteiger partial charge >= 0.3 is 0 Å². The largest absolute Gasteiger partial charge is 0.353 e. The average Bonchev–Trinajstić information content (AvgIpc) is 3.20. The highest BCUT2D eigenvalue weighted by Gasteiger charge is 2.26. The molecule has 0 radical (unpaired) electrons. The third-order valence-corrected chi connectivity index (χ3v) is 3.29. The van der Waals surface area contributed by atoms with Crippen LogP contribution in [0, 0.1) is 5.92 Å². The quantitative estimate of drug-likeness (QED) is 0.829. The van der Waals surface area contributed by atoms with E-state index in [4.69, 9.17) is 5.73 Å². The van der Waals surface area contributed by atoms with E-state index in [1.165, 1.54) is 12.1 Å². The summed E-state index contributed by atoms with van der Waals surface area (Å²) >= 11 is 0. The van der Waals surface area contributed by atoms with Crippen molar-refractivity contribution < 1.29 is 13.6 Å². The summed E-state index contributed by atoms with van der Waals surface area (Å²) in [6.07, 6.45) is 0.0918. The highest BCUT2D eigenvalue weighted by molar-refractivity contribution is 5.79. The third kappa shape index (κ3) is 3.99. The monoisotopic (exact) mass is 268 g/mol. The van der Waals surface area contributed by atoms with E-state index in [9.17, 15) is 13.6 Å². The Kier molecular flexibility index (Phi) is 4.47. The van der Waals surface area contributed by atoms with Gasteiger partial charge in [-0.2, -0.15) is 0 Å². The topological polar surface area (TPSA) is 55.1 Å². The molecular weight excluding hydrogens is 250 g/mol. The maximum atomic E-state index is 12.4. The molecule has 1 saturated carbocycles. The summed E-state index contributed by atoms with van der Waals surface area (Å²) in [7, 11) is 0. The van der Waals surface area contributed by atoms with Gasteiger partial charge in [-0.15, -0.1) is 0 Å². The first-order valence-electron chi connectivity index (χ1n) is 6.47. The smallest absolute Gasteiger partial charge is 0.263 e. The lowest BCUT2D eigenvalue weighted by Gasteiger charge is -2.15. The fraction of sp³-hybridized carbons (Fsp3) is 0.500. The fourth-order valence-electron chi connectivity index (χ4n) is 1.91. The van der Waals surface area contributed by atoms with Crippen LogP contribution in [-0.4, -0.2) is 18.5 Å². The molecule has 1 unspecified atom stereocenters. The molecule has 0 aliphatic heterocycles. The molecule has 5 heteroatoms. The molecule has 1 aromatic rings. The van der Waals surface area contributed by atoms with Crippen LogP contribution in [0.25, 0.3) is 0 Å². The number of halogens is 2. The predicted molar refractivity (Wildman–Crippen MR) is 68.8 cm³/mol. The zero-order valence-corrected chi connectivity index (χ0v) is 10.6. The molecule has 19 heavy (non-hydrogen) atoms. The lowest BCUT2D eigenvalue weighted by molar-refractivity contribution is -0.124. The van der Waals surface area contributed by atoms with E-state index in [2.05, 4.69) is 5.32 Å². The number of hydrogen-bond donors (Lipinski definition) is 2. The van der Waals surface area contributed by atoms with Crippen LogP contribution in [0.1, 0.15) is 30.4 Å². The van der Waals surface area contributed by atoms with Crippen molar-refractivity contribution in [2.24, 2.45) is 11.7 Å². The zero-order valence-electron chi connectivity index (χ0n) is 10.6. The van der Waals surface area contributed by atoms with Gasteiger partial charge in [-0.1, -0.05) is 24.3 Å². The minimum absolute atomic E-state index is 0.00418. The summed E-state index contributed by atoms with van der Waals surface area (Å²) in [4.78, 5) is 11.9. The number of amides is 1.